The Morgan fingerprint density at radius 3 is 2.95 bits per heavy atom. The molecule has 0 amide bonds. The van der Waals surface area contributed by atoms with Gasteiger partial charge < -0.3 is 10.5 Å². The van der Waals surface area contributed by atoms with Crippen molar-refractivity contribution in [1.82, 2.24) is 4.90 Å². The fourth-order valence-electron chi connectivity index (χ4n) is 2.53. The van der Waals surface area contributed by atoms with Crippen LogP contribution in [-0.2, 0) is 4.74 Å². The first-order chi connectivity index (χ1) is 9.11. The Hall–Kier alpha value is -0.490. The highest BCUT2D eigenvalue weighted by Gasteiger charge is 2.22. The largest absolute Gasteiger partial charge is 0.377 e. The van der Waals surface area contributed by atoms with Crippen molar-refractivity contribution in [3.8, 4) is 0 Å². The van der Waals surface area contributed by atoms with Crippen LogP contribution in [0.1, 0.15) is 24.4 Å². The molecule has 0 radical (unpaired) electrons. The number of benzene rings is 1. The lowest BCUT2D eigenvalue weighted by molar-refractivity contribution is 0.0689. The summed E-state index contributed by atoms with van der Waals surface area (Å²) in [6.45, 7) is 2.14. The summed E-state index contributed by atoms with van der Waals surface area (Å²) >= 11 is 3.17. The summed E-state index contributed by atoms with van der Waals surface area (Å²) in [6, 6.07) is 5.21. The average molecular weight is 331 g/mol. The van der Waals surface area contributed by atoms with E-state index in [2.05, 4.69) is 20.8 Å². The highest BCUT2D eigenvalue weighted by Crippen LogP contribution is 2.25. The summed E-state index contributed by atoms with van der Waals surface area (Å²) in [7, 11) is 2.01. The quantitative estimate of drug-likeness (QED) is 0.902. The van der Waals surface area contributed by atoms with Crippen molar-refractivity contribution in [2.45, 2.75) is 25.0 Å². The van der Waals surface area contributed by atoms with Crippen molar-refractivity contribution in [3.05, 3.63) is 34.1 Å². The Labute approximate surface area is 122 Å². The van der Waals surface area contributed by atoms with Crippen molar-refractivity contribution < 1.29 is 9.13 Å². The van der Waals surface area contributed by atoms with Crippen molar-refractivity contribution in [2.75, 3.05) is 26.7 Å². The maximum atomic E-state index is 13.6. The van der Waals surface area contributed by atoms with E-state index in [0.29, 0.717) is 11.0 Å². The molecule has 1 aliphatic rings. The second-order valence-corrected chi connectivity index (χ2v) is 5.85. The van der Waals surface area contributed by atoms with Gasteiger partial charge in [-0.25, -0.2) is 4.39 Å². The molecule has 0 aromatic heterocycles. The molecule has 0 spiro atoms. The van der Waals surface area contributed by atoms with E-state index in [4.69, 9.17) is 10.5 Å². The zero-order chi connectivity index (χ0) is 13.8. The molecule has 1 heterocycles. The number of hydrogen-bond acceptors (Lipinski definition) is 3. The van der Waals surface area contributed by atoms with Gasteiger partial charge in [0.15, 0.2) is 0 Å². The van der Waals surface area contributed by atoms with Gasteiger partial charge in [0.1, 0.15) is 5.82 Å². The van der Waals surface area contributed by atoms with Gasteiger partial charge in [-0.3, -0.25) is 4.90 Å². The molecule has 2 unspecified atom stereocenters. The van der Waals surface area contributed by atoms with E-state index < -0.39 is 0 Å². The molecule has 1 fully saturated rings. The number of ether oxygens (including phenoxy) is 1. The molecule has 2 atom stereocenters. The Kier molecular flexibility index (Phi) is 5.33. The van der Waals surface area contributed by atoms with Crippen LogP contribution in [0.4, 0.5) is 4.39 Å². The van der Waals surface area contributed by atoms with Gasteiger partial charge in [-0.2, -0.15) is 0 Å². The highest BCUT2D eigenvalue weighted by molar-refractivity contribution is 9.10. The molecule has 3 nitrogen and oxygen atoms in total. The standard InChI is InChI=1S/C14H20BrFN2O/c1-18(9-11-3-2-6-19-11)14(8-17)10-4-5-12(15)13(16)7-10/h4-5,7,11,14H,2-3,6,8-9,17H2,1H3. The predicted molar refractivity (Wildman–Crippen MR) is 77.5 cm³/mol. The first-order valence-corrected chi connectivity index (χ1v) is 7.38. The van der Waals surface area contributed by atoms with E-state index in [-0.39, 0.29) is 18.0 Å². The van der Waals surface area contributed by atoms with E-state index in [9.17, 15) is 4.39 Å². The van der Waals surface area contributed by atoms with Crippen LogP contribution in [0.25, 0.3) is 0 Å². The Bertz CT molecular complexity index is 424. The molecule has 0 bridgehead atoms. The molecule has 1 saturated heterocycles. The van der Waals surface area contributed by atoms with Gasteiger partial charge in [-0.15, -0.1) is 0 Å². The van der Waals surface area contributed by atoms with Crippen molar-refractivity contribution in [1.29, 1.82) is 0 Å². The maximum Gasteiger partial charge on any atom is 0.137 e. The van der Waals surface area contributed by atoms with Crippen LogP contribution in [0.5, 0.6) is 0 Å². The lowest BCUT2D eigenvalue weighted by Gasteiger charge is -2.29. The number of likely N-dealkylation sites (N-methyl/N-ethyl adjacent to an activating group) is 1. The minimum absolute atomic E-state index is 0.0202. The third-order valence-electron chi connectivity index (χ3n) is 3.60. The van der Waals surface area contributed by atoms with Crippen LogP contribution in [0.3, 0.4) is 0 Å². The van der Waals surface area contributed by atoms with E-state index in [0.717, 1.165) is 31.6 Å². The van der Waals surface area contributed by atoms with Gasteiger partial charge in [-0.1, -0.05) is 6.07 Å². The number of halogens is 2. The third-order valence-corrected chi connectivity index (χ3v) is 4.24. The van der Waals surface area contributed by atoms with Crippen LogP contribution < -0.4 is 5.73 Å². The highest BCUT2D eigenvalue weighted by atomic mass is 79.9. The number of hydrogen-bond donors (Lipinski definition) is 1. The van der Waals surface area contributed by atoms with Crippen molar-refractivity contribution >= 4 is 15.9 Å². The summed E-state index contributed by atoms with van der Waals surface area (Å²) in [5.74, 6) is -0.249. The summed E-state index contributed by atoms with van der Waals surface area (Å²) in [5.41, 5.74) is 6.76. The monoisotopic (exact) mass is 330 g/mol. The Morgan fingerprint density at radius 1 is 1.58 bits per heavy atom. The van der Waals surface area contributed by atoms with Crippen molar-refractivity contribution in [2.24, 2.45) is 5.73 Å². The molecular weight excluding hydrogens is 311 g/mol. The van der Waals surface area contributed by atoms with Gasteiger partial charge in [0.25, 0.3) is 0 Å². The minimum atomic E-state index is -0.249. The lowest BCUT2D eigenvalue weighted by Crippen LogP contribution is -2.36. The van der Waals surface area contributed by atoms with Crippen LogP contribution in [0.15, 0.2) is 22.7 Å². The Morgan fingerprint density at radius 2 is 2.37 bits per heavy atom. The molecule has 1 aromatic rings. The molecule has 1 aliphatic heterocycles. The van der Waals surface area contributed by atoms with E-state index >= 15 is 0 Å². The van der Waals surface area contributed by atoms with Crippen LogP contribution in [0, 0.1) is 5.82 Å². The smallest absolute Gasteiger partial charge is 0.137 e. The summed E-state index contributed by atoms with van der Waals surface area (Å²) in [5, 5.41) is 0. The van der Waals surface area contributed by atoms with E-state index in [1.54, 1.807) is 12.1 Å². The van der Waals surface area contributed by atoms with Crippen LogP contribution in [0.2, 0.25) is 0 Å². The van der Waals surface area contributed by atoms with Crippen molar-refractivity contribution in [3.63, 3.8) is 0 Å². The van der Waals surface area contributed by atoms with E-state index in [1.807, 2.05) is 13.1 Å². The SMILES string of the molecule is CN(CC1CCCO1)C(CN)c1ccc(Br)c(F)c1. The average Bonchev–Trinajstić information content (AvgIpc) is 2.87. The Balaban J connectivity index is 2.06. The molecule has 1 aromatic carbocycles. The summed E-state index contributed by atoms with van der Waals surface area (Å²) in [4.78, 5) is 2.15. The first-order valence-electron chi connectivity index (χ1n) is 6.58. The molecule has 19 heavy (non-hydrogen) atoms. The topological polar surface area (TPSA) is 38.5 Å². The second kappa shape index (κ2) is 6.79. The zero-order valence-electron chi connectivity index (χ0n) is 11.1. The molecular formula is C14H20BrFN2O. The summed E-state index contributed by atoms with van der Waals surface area (Å²) in [6.07, 6.45) is 2.49. The van der Waals surface area contributed by atoms with Gasteiger partial charge in [0, 0.05) is 25.7 Å². The molecule has 2 rings (SSSR count). The number of rotatable bonds is 5. The molecule has 106 valence electrons. The zero-order valence-corrected chi connectivity index (χ0v) is 12.7. The molecule has 0 saturated carbocycles. The normalized spacial score (nSPS) is 21.0. The van der Waals surface area contributed by atoms with Gasteiger partial charge in [0.2, 0.25) is 0 Å². The third kappa shape index (κ3) is 3.75. The number of nitrogens with two attached hydrogens (primary N) is 1. The van der Waals surface area contributed by atoms with Crippen LogP contribution >= 0.6 is 15.9 Å². The molecule has 0 aliphatic carbocycles. The maximum absolute atomic E-state index is 13.6. The van der Waals surface area contributed by atoms with E-state index in [1.165, 1.54) is 0 Å². The fourth-order valence-corrected chi connectivity index (χ4v) is 2.77. The minimum Gasteiger partial charge on any atom is -0.377 e. The van der Waals surface area contributed by atoms with Gasteiger partial charge >= 0.3 is 0 Å². The molecule has 2 N–H and O–H groups in total. The van der Waals surface area contributed by atoms with Gasteiger partial charge in [-0.05, 0) is 53.5 Å². The fraction of sp³-hybridized carbons (Fsp3) is 0.571. The van der Waals surface area contributed by atoms with Crippen LogP contribution in [-0.4, -0.2) is 37.7 Å². The lowest BCUT2D eigenvalue weighted by atomic mass is 10.0. The number of nitrogens with zero attached hydrogens (tertiary/aromatic N) is 1. The second-order valence-electron chi connectivity index (χ2n) is 5.00. The summed E-state index contributed by atoms with van der Waals surface area (Å²) < 4.78 is 19.7. The first kappa shape index (κ1) is 14.9. The molecule has 5 heteroatoms. The predicted octanol–water partition coefficient (Wildman–Crippen LogP) is 2.70. The van der Waals surface area contributed by atoms with Gasteiger partial charge in [0.05, 0.1) is 10.6 Å².